The molecule has 18 heavy (non-hydrogen) atoms. The van der Waals surface area contributed by atoms with Crippen LogP contribution in [-0.2, 0) is 4.74 Å². The van der Waals surface area contributed by atoms with Gasteiger partial charge in [0, 0.05) is 6.42 Å². The van der Waals surface area contributed by atoms with Crippen LogP contribution in [0.15, 0.2) is 12.5 Å². The molecule has 1 unspecified atom stereocenters. The van der Waals surface area contributed by atoms with Gasteiger partial charge in [-0.25, -0.2) is 14.6 Å². The van der Waals surface area contributed by atoms with Gasteiger partial charge in [0.25, 0.3) is 0 Å². The summed E-state index contributed by atoms with van der Waals surface area (Å²) in [5, 5.41) is 23.5. The van der Waals surface area contributed by atoms with E-state index in [2.05, 4.69) is 15.1 Å². The second-order valence-corrected chi connectivity index (χ2v) is 4.20. The Morgan fingerprint density at radius 2 is 2.33 bits per heavy atom. The Morgan fingerprint density at radius 1 is 1.50 bits per heavy atom. The van der Waals surface area contributed by atoms with Crippen molar-refractivity contribution in [3.05, 3.63) is 12.5 Å². The lowest BCUT2D eigenvalue weighted by atomic mass is 10.2. The topological polar surface area (TPSA) is 119 Å². The molecule has 0 saturated carbocycles. The first-order valence-corrected chi connectivity index (χ1v) is 5.58. The zero-order valence-corrected chi connectivity index (χ0v) is 9.47. The molecule has 0 aromatic carbocycles. The highest BCUT2D eigenvalue weighted by molar-refractivity contribution is 5.84. The molecular weight excluding hydrogens is 238 g/mol. The van der Waals surface area contributed by atoms with Crippen LogP contribution < -0.4 is 5.73 Å². The number of fused-ring (bicyclic) bond motifs is 1. The summed E-state index contributed by atoms with van der Waals surface area (Å²) < 4.78 is 7.06. The maximum Gasteiger partial charge on any atom is 0.165 e. The number of ether oxygens (including phenoxy) is 1. The average molecular weight is 251 g/mol. The Kier molecular flexibility index (Phi) is 2.62. The molecular formula is C10H13N5O3. The Balaban J connectivity index is 1.99. The smallest absolute Gasteiger partial charge is 0.165 e. The fourth-order valence-corrected chi connectivity index (χ4v) is 2.12. The second-order valence-electron chi connectivity index (χ2n) is 4.20. The van der Waals surface area contributed by atoms with Crippen LogP contribution in [0.5, 0.6) is 0 Å². The number of aliphatic hydroxyl groups is 2. The zero-order chi connectivity index (χ0) is 12.7. The normalized spacial score (nSPS) is 28.0. The van der Waals surface area contributed by atoms with Crippen LogP contribution in [0.1, 0.15) is 12.6 Å². The highest BCUT2D eigenvalue weighted by Crippen LogP contribution is 2.30. The standard InChI is InChI=1S/C10H13N5O3/c11-9-5-2-14-15(10(5)13-4-12-9)8-1-6(17)7(3-16)18-8/h2,4,6-8,16-17H,1,3H2,(H2,11,12,13)/t6-,7+,8?/m0/s1. The van der Waals surface area contributed by atoms with Crippen molar-refractivity contribution < 1.29 is 14.9 Å². The van der Waals surface area contributed by atoms with Gasteiger partial charge in [-0.15, -0.1) is 0 Å². The number of rotatable bonds is 2. The molecule has 0 amide bonds. The lowest BCUT2D eigenvalue weighted by molar-refractivity contribution is -0.0470. The first-order valence-electron chi connectivity index (χ1n) is 5.58. The fourth-order valence-electron chi connectivity index (χ4n) is 2.12. The van der Waals surface area contributed by atoms with Crippen LogP contribution in [0, 0.1) is 0 Å². The number of aromatic nitrogens is 4. The summed E-state index contributed by atoms with van der Waals surface area (Å²) in [7, 11) is 0. The van der Waals surface area contributed by atoms with E-state index in [1.807, 2.05) is 0 Å². The van der Waals surface area contributed by atoms with Crippen LogP contribution in [0.4, 0.5) is 5.82 Å². The van der Waals surface area contributed by atoms with Gasteiger partial charge >= 0.3 is 0 Å². The summed E-state index contributed by atoms with van der Waals surface area (Å²) in [5.74, 6) is 0.350. The molecule has 3 atom stereocenters. The van der Waals surface area contributed by atoms with Crippen LogP contribution in [0.25, 0.3) is 11.0 Å². The third kappa shape index (κ3) is 1.62. The summed E-state index contributed by atoms with van der Waals surface area (Å²) in [6.07, 6.45) is 1.51. The van der Waals surface area contributed by atoms with E-state index in [1.54, 1.807) is 10.9 Å². The number of nitrogens with two attached hydrogens (primary N) is 1. The largest absolute Gasteiger partial charge is 0.394 e. The van der Waals surface area contributed by atoms with Gasteiger partial charge in [-0.3, -0.25) is 0 Å². The summed E-state index contributed by atoms with van der Waals surface area (Å²) in [6.45, 7) is -0.228. The molecule has 0 spiro atoms. The third-order valence-electron chi connectivity index (χ3n) is 3.08. The van der Waals surface area contributed by atoms with Crippen molar-refractivity contribution in [3.63, 3.8) is 0 Å². The molecule has 4 N–H and O–H groups in total. The van der Waals surface area contributed by atoms with Gasteiger partial charge in [-0.2, -0.15) is 5.10 Å². The van der Waals surface area contributed by atoms with Gasteiger partial charge in [0.15, 0.2) is 11.9 Å². The third-order valence-corrected chi connectivity index (χ3v) is 3.08. The monoisotopic (exact) mass is 251 g/mol. The minimum Gasteiger partial charge on any atom is -0.394 e. The van der Waals surface area contributed by atoms with E-state index in [1.165, 1.54) is 6.33 Å². The lowest BCUT2D eigenvalue weighted by Crippen LogP contribution is -2.24. The Hall–Kier alpha value is -1.77. The molecule has 0 radical (unpaired) electrons. The Morgan fingerprint density at radius 3 is 3.06 bits per heavy atom. The quantitative estimate of drug-likeness (QED) is 0.629. The predicted octanol–water partition coefficient (Wildman–Crippen LogP) is -0.951. The van der Waals surface area contributed by atoms with E-state index < -0.39 is 18.4 Å². The molecule has 0 bridgehead atoms. The molecule has 1 saturated heterocycles. The van der Waals surface area contributed by atoms with Crippen LogP contribution >= 0.6 is 0 Å². The maximum absolute atomic E-state index is 9.70. The Labute approximate surface area is 102 Å². The molecule has 2 aromatic heterocycles. The highest BCUT2D eigenvalue weighted by atomic mass is 16.5. The summed E-state index contributed by atoms with van der Waals surface area (Å²) in [6, 6.07) is 0. The van der Waals surface area contributed by atoms with Gasteiger partial charge in [0.1, 0.15) is 18.2 Å². The van der Waals surface area contributed by atoms with Gasteiger partial charge in [-0.1, -0.05) is 0 Å². The van der Waals surface area contributed by atoms with Crippen molar-refractivity contribution in [2.75, 3.05) is 12.3 Å². The number of hydrogen-bond acceptors (Lipinski definition) is 7. The minimum absolute atomic E-state index is 0.228. The maximum atomic E-state index is 9.70. The summed E-state index contributed by atoms with van der Waals surface area (Å²) in [4.78, 5) is 7.98. The molecule has 1 aliphatic rings. The average Bonchev–Trinajstić information content (AvgIpc) is 2.93. The SMILES string of the molecule is Nc1ncnc2c1cnn2C1C[C@H](O)[C@@H](CO)O1. The number of hydrogen-bond donors (Lipinski definition) is 3. The molecule has 2 aromatic rings. The van der Waals surface area contributed by atoms with Crippen molar-refractivity contribution >= 4 is 16.9 Å². The van der Waals surface area contributed by atoms with E-state index in [0.717, 1.165) is 0 Å². The van der Waals surface area contributed by atoms with E-state index >= 15 is 0 Å². The van der Waals surface area contributed by atoms with Crippen LogP contribution in [0.3, 0.4) is 0 Å². The lowest BCUT2D eigenvalue weighted by Gasteiger charge is -2.12. The van der Waals surface area contributed by atoms with Crippen molar-refractivity contribution in [1.29, 1.82) is 0 Å². The number of nitrogens with zero attached hydrogens (tertiary/aromatic N) is 4. The molecule has 96 valence electrons. The highest BCUT2D eigenvalue weighted by Gasteiger charge is 2.35. The van der Waals surface area contributed by atoms with Crippen LogP contribution in [-0.4, -0.2) is 48.8 Å². The minimum atomic E-state index is -0.710. The number of aliphatic hydroxyl groups excluding tert-OH is 2. The van der Waals surface area contributed by atoms with Gasteiger partial charge in [0.2, 0.25) is 0 Å². The van der Waals surface area contributed by atoms with E-state index in [-0.39, 0.29) is 6.61 Å². The number of nitrogen functional groups attached to an aromatic ring is 1. The molecule has 0 aliphatic carbocycles. The molecule has 3 rings (SSSR count). The second kappa shape index (κ2) is 4.16. The molecule has 3 heterocycles. The first kappa shape index (κ1) is 11.3. The predicted molar refractivity (Wildman–Crippen MR) is 61.4 cm³/mol. The summed E-state index contributed by atoms with van der Waals surface area (Å²) in [5.41, 5.74) is 6.27. The Bertz CT molecular complexity index is 572. The molecule has 1 fully saturated rings. The van der Waals surface area contributed by atoms with E-state index in [0.29, 0.717) is 23.3 Å². The number of anilines is 1. The van der Waals surface area contributed by atoms with Crippen molar-refractivity contribution in [3.8, 4) is 0 Å². The van der Waals surface area contributed by atoms with E-state index in [9.17, 15) is 5.11 Å². The van der Waals surface area contributed by atoms with Crippen LogP contribution in [0.2, 0.25) is 0 Å². The van der Waals surface area contributed by atoms with Gasteiger partial charge < -0.3 is 20.7 Å². The van der Waals surface area contributed by atoms with Crippen molar-refractivity contribution in [2.24, 2.45) is 0 Å². The zero-order valence-electron chi connectivity index (χ0n) is 9.47. The molecule has 8 heteroatoms. The summed E-state index contributed by atoms with van der Waals surface area (Å²) >= 11 is 0. The molecule has 8 nitrogen and oxygen atoms in total. The molecule has 1 aliphatic heterocycles. The van der Waals surface area contributed by atoms with Gasteiger partial charge in [0.05, 0.1) is 24.3 Å². The first-order chi connectivity index (χ1) is 8.70. The fraction of sp³-hybridized carbons (Fsp3) is 0.500. The van der Waals surface area contributed by atoms with Gasteiger partial charge in [-0.05, 0) is 0 Å². The van der Waals surface area contributed by atoms with Crippen molar-refractivity contribution in [1.82, 2.24) is 19.7 Å². The van der Waals surface area contributed by atoms with E-state index in [4.69, 9.17) is 15.6 Å². The van der Waals surface area contributed by atoms with Crippen molar-refractivity contribution in [2.45, 2.75) is 24.9 Å².